The number of rotatable bonds is 11. The third kappa shape index (κ3) is 8.59. The lowest BCUT2D eigenvalue weighted by Gasteiger charge is -2.21. The van der Waals surface area contributed by atoms with Crippen molar-refractivity contribution in [3.8, 4) is 0 Å². The molecule has 1 aromatic heterocycles. The van der Waals surface area contributed by atoms with Gasteiger partial charge in [0.25, 0.3) is 0 Å². The molecule has 6 nitrogen and oxygen atoms in total. The van der Waals surface area contributed by atoms with E-state index in [1.807, 2.05) is 16.9 Å². The molecule has 0 aliphatic carbocycles. The quantitative estimate of drug-likeness (QED) is 0.483. The fourth-order valence-electron chi connectivity index (χ4n) is 2.48. The second-order valence-electron chi connectivity index (χ2n) is 5.74. The van der Waals surface area contributed by atoms with Gasteiger partial charge in [0.1, 0.15) is 0 Å². The fraction of sp³-hybridized carbons (Fsp3) is 0.765. The molecule has 1 rings (SSSR count). The predicted molar refractivity (Wildman–Crippen MR) is 97.8 cm³/mol. The predicted octanol–water partition coefficient (Wildman–Crippen LogP) is 1.95. The van der Waals surface area contributed by atoms with Crippen LogP contribution in [0.3, 0.4) is 0 Å². The van der Waals surface area contributed by atoms with Gasteiger partial charge in [0.15, 0.2) is 5.96 Å². The van der Waals surface area contributed by atoms with E-state index in [1.165, 1.54) is 13.0 Å². The Morgan fingerprint density at radius 1 is 1.30 bits per heavy atom. The second-order valence-corrected chi connectivity index (χ2v) is 5.74. The van der Waals surface area contributed by atoms with Crippen molar-refractivity contribution < 1.29 is 0 Å². The number of aromatic nitrogens is 2. The van der Waals surface area contributed by atoms with E-state index in [1.54, 1.807) is 6.20 Å². The molecular weight excluding hydrogens is 288 g/mol. The van der Waals surface area contributed by atoms with Gasteiger partial charge in [-0.05, 0) is 52.4 Å². The second kappa shape index (κ2) is 11.9. The third-order valence-corrected chi connectivity index (χ3v) is 3.89. The maximum atomic E-state index is 4.63. The van der Waals surface area contributed by atoms with Crippen LogP contribution in [-0.2, 0) is 6.54 Å². The molecule has 0 fully saturated rings. The van der Waals surface area contributed by atoms with Gasteiger partial charge in [0.05, 0.1) is 13.1 Å². The zero-order chi connectivity index (χ0) is 16.9. The normalized spacial score (nSPS) is 13.3. The van der Waals surface area contributed by atoms with Crippen molar-refractivity contribution in [3.63, 3.8) is 0 Å². The molecule has 132 valence electrons. The van der Waals surface area contributed by atoms with Gasteiger partial charge in [-0.25, -0.2) is 0 Å². The van der Waals surface area contributed by atoms with Crippen LogP contribution >= 0.6 is 0 Å². The minimum atomic E-state index is 0.424. The molecule has 0 bridgehead atoms. The van der Waals surface area contributed by atoms with Gasteiger partial charge in [-0.2, -0.15) is 5.10 Å². The highest BCUT2D eigenvalue weighted by Gasteiger charge is 2.06. The molecule has 1 unspecified atom stereocenters. The zero-order valence-corrected chi connectivity index (χ0v) is 15.3. The lowest BCUT2D eigenvalue weighted by Crippen LogP contribution is -2.42. The average molecular weight is 323 g/mol. The van der Waals surface area contributed by atoms with Crippen LogP contribution in [-0.4, -0.2) is 59.4 Å². The first-order valence-corrected chi connectivity index (χ1v) is 8.94. The Hall–Kier alpha value is -1.56. The van der Waals surface area contributed by atoms with E-state index >= 15 is 0 Å². The van der Waals surface area contributed by atoms with Gasteiger partial charge < -0.3 is 15.5 Å². The maximum absolute atomic E-state index is 4.63. The highest BCUT2D eigenvalue weighted by Crippen LogP contribution is 1.99. The van der Waals surface area contributed by atoms with Gasteiger partial charge >= 0.3 is 0 Å². The molecule has 1 heterocycles. The van der Waals surface area contributed by atoms with E-state index in [9.17, 15) is 0 Å². The highest BCUT2D eigenvalue weighted by molar-refractivity contribution is 5.79. The number of hydrogen-bond donors (Lipinski definition) is 2. The first kappa shape index (κ1) is 19.5. The Bertz CT molecular complexity index is 411. The van der Waals surface area contributed by atoms with Crippen LogP contribution in [0, 0.1) is 0 Å². The topological polar surface area (TPSA) is 57.5 Å². The Balaban J connectivity index is 2.32. The summed E-state index contributed by atoms with van der Waals surface area (Å²) >= 11 is 0. The van der Waals surface area contributed by atoms with E-state index in [2.05, 4.69) is 53.3 Å². The van der Waals surface area contributed by atoms with Crippen molar-refractivity contribution >= 4 is 5.96 Å². The van der Waals surface area contributed by atoms with Gasteiger partial charge in [-0.3, -0.25) is 9.67 Å². The molecule has 0 aromatic carbocycles. The summed E-state index contributed by atoms with van der Waals surface area (Å²) in [6.45, 7) is 14.6. The summed E-state index contributed by atoms with van der Waals surface area (Å²) in [5, 5.41) is 11.0. The molecule has 0 saturated carbocycles. The summed E-state index contributed by atoms with van der Waals surface area (Å²) in [6.07, 6.45) is 6.12. The molecular formula is C17H34N6. The Morgan fingerprint density at radius 2 is 2.09 bits per heavy atom. The van der Waals surface area contributed by atoms with Crippen molar-refractivity contribution in [1.29, 1.82) is 0 Å². The SMILES string of the molecule is CCNC(=NCCn1cccn1)NC(C)CCCN(CC)CC. The maximum Gasteiger partial charge on any atom is 0.191 e. The Morgan fingerprint density at radius 3 is 2.70 bits per heavy atom. The first-order valence-electron chi connectivity index (χ1n) is 8.94. The van der Waals surface area contributed by atoms with Crippen molar-refractivity contribution in [2.75, 3.05) is 32.7 Å². The number of nitrogens with one attached hydrogen (secondary N) is 2. The molecule has 1 atom stereocenters. The van der Waals surface area contributed by atoms with Crippen LogP contribution in [0.1, 0.15) is 40.5 Å². The van der Waals surface area contributed by atoms with E-state index in [-0.39, 0.29) is 0 Å². The molecule has 0 saturated heterocycles. The van der Waals surface area contributed by atoms with Crippen molar-refractivity contribution in [3.05, 3.63) is 18.5 Å². The van der Waals surface area contributed by atoms with Crippen molar-refractivity contribution in [1.82, 2.24) is 25.3 Å². The van der Waals surface area contributed by atoms with Gasteiger partial charge in [0, 0.05) is 25.0 Å². The first-order chi connectivity index (χ1) is 11.2. The average Bonchev–Trinajstić information content (AvgIpc) is 3.05. The number of aliphatic imine (C=N–C) groups is 1. The van der Waals surface area contributed by atoms with Gasteiger partial charge in [0.2, 0.25) is 0 Å². The molecule has 1 aromatic rings. The lowest BCUT2D eigenvalue weighted by molar-refractivity contribution is 0.292. The largest absolute Gasteiger partial charge is 0.357 e. The molecule has 0 radical (unpaired) electrons. The molecule has 0 aliphatic heterocycles. The highest BCUT2D eigenvalue weighted by atomic mass is 15.3. The smallest absolute Gasteiger partial charge is 0.191 e. The minimum absolute atomic E-state index is 0.424. The summed E-state index contributed by atoms with van der Waals surface area (Å²) in [4.78, 5) is 7.10. The van der Waals surface area contributed by atoms with Crippen LogP contribution in [0.2, 0.25) is 0 Å². The number of nitrogens with zero attached hydrogens (tertiary/aromatic N) is 4. The molecule has 2 N–H and O–H groups in total. The number of hydrogen-bond acceptors (Lipinski definition) is 3. The zero-order valence-electron chi connectivity index (χ0n) is 15.3. The van der Waals surface area contributed by atoms with Crippen molar-refractivity contribution in [2.45, 2.75) is 53.1 Å². The summed E-state index contributed by atoms with van der Waals surface area (Å²) in [7, 11) is 0. The Kier molecular flexibility index (Phi) is 10.1. The standard InChI is InChI=1S/C17H34N6/c1-5-18-17(19-12-15-23-14-9-11-20-23)21-16(4)10-8-13-22(6-2)7-3/h9,11,14,16H,5-8,10,12-13,15H2,1-4H3,(H2,18,19,21). The molecule has 0 amide bonds. The van der Waals surface area contributed by atoms with Crippen LogP contribution < -0.4 is 10.6 Å². The van der Waals surface area contributed by atoms with E-state index in [0.29, 0.717) is 6.04 Å². The molecule has 0 spiro atoms. The van der Waals surface area contributed by atoms with Crippen LogP contribution in [0.25, 0.3) is 0 Å². The summed E-state index contributed by atoms with van der Waals surface area (Å²) < 4.78 is 1.90. The summed E-state index contributed by atoms with van der Waals surface area (Å²) in [6, 6.07) is 2.36. The van der Waals surface area contributed by atoms with E-state index in [4.69, 9.17) is 0 Å². The number of guanidine groups is 1. The van der Waals surface area contributed by atoms with Crippen LogP contribution in [0.15, 0.2) is 23.5 Å². The van der Waals surface area contributed by atoms with E-state index < -0.39 is 0 Å². The molecule has 0 aliphatic rings. The third-order valence-electron chi connectivity index (χ3n) is 3.89. The van der Waals surface area contributed by atoms with Crippen LogP contribution in [0.4, 0.5) is 0 Å². The minimum Gasteiger partial charge on any atom is -0.357 e. The van der Waals surface area contributed by atoms with Crippen LogP contribution in [0.5, 0.6) is 0 Å². The van der Waals surface area contributed by atoms with Gasteiger partial charge in [-0.1, -0.05) is 13.8 Å². The monoisotopic (exact) mass is 322 g/mol. The molecule has 6 heteroatoms. The van der Waals surface area contributed by atoms with Crippen molar-refractivity contribution in [2.24, 2.45) is 4.99 Å². The van der Waals surface area contributed by atoms with Gasteiger partial charge in [-0.15, -0.1) is 0 Å². The summed E-state index contributed by atoms with van der Waals surface area (Å²) in [5.74, 6) is 0.898. The fourth-order valence-corrected chi connectivity index (χ4v) is 2.48. The summed E-state index contributed by atoms with van der Waals surface area (Å²) in [5.41, 5.74) is 0. The molecule has 23 heavy (non-hydrogen) atoms. The Labute approximate surface area is 141 Å². The lowest BCUT2D eigenvalue weighted by atomic mass is 10.2. The van der Waals surface area contributed by atoms with E-state index in [0.717, 1.165) is 45.1 Å².